The first kappa shape index (κ1) is 20.1. The van der Waals surface area contributed by atoms with Crippen LogP contribution in [0.4, 0.5) is 0 Å². The van der Waals surface area contributed by atoms with Gasteiger partial charge in [0.25, 0.3) is 5.56 Å². The minimum Gasteiger partial charge on any atom is -0.370 e. The first-order valence-electron chi connectivity index (χ1n) is 9.51. The van der Waals surface area contributed by atoms with Crippen LogP contribution in [-0.2, 0) is 17.1 Å². The minimum atomic E-state index is -0.279. The number of primary amides is 1. The number of unbranched alkanes of at least 4 members (excludes halogenated alkanes) is 2. The molecule has 0 bridgehead atoms. The number of para-hydroxylation sites is 1. The molecule has 3 aromatic rings. The molecule has 3 rings (SSSR count). The van der Waals surface area contributed by atoms with Gasteiger partial charge in [0.15, 0.2) is 5.16 Å². The first-order chi connectivity index (χ1) is 13.5. The maximum absolute atomic E-state index is 13.0. The van der Waals surface area contributed by atoms with Crippen molar-refractivity contribution in [2.45, 2.75) is 50.1 Å². The molecule has 2 aromatic carbocycles. The van der Waals surface area contributed by atoms with Gasteiger partial charge in [0, 0.05) is 18.7 Å². The van der Waals surface area contributed by atoms with Gasteiger partial charge < -0.3 is 5.73 Å². The van der Waals surface area contributed by atoms with Crippen molar-refractivity contribution in [1.29, 1.82) is 0 Å². The molecule has 6 heteroatoms. The Balaban J connectivity index is 1.80. The highest BCUT2D eigenvalue weighted by Gasteiger charge is 2.11. The van der Waals surface area contributed by atoms with Crippen molar-refractivity contribution in [1.82, 2.24) is 9.55 Å². The van der Waals surface area contributed by atoms with Crippen LogP contribution in [0.1, 0.15) is 36.8 Å². The summed E-state index contributed by atoms with van der Waals surface area (Å²) in [7, 11) is 0. The number of aromatic nitrogens is 2. The van der Waals surface area contributed by atoms with Gasteiger partial charge in [-0.15, -0.1) is 0 Å². The highest BCUT2D eigenvalue weighted by atomic mass is 32.2. The van der Waals surface area contributed by atoms with Crippen LogP contribution in [0.15, 0.2) is 58.5 Å². The monoisotopic (exact) mass is 395 g/mol. The maximum atomic E-state index is 13.0. The summed E-state index contributed by atoms with van der Waals surface area (Å²) in [5.41, 5.74) is 8.34. The second kappa shape index (κ2) is 9.55. The topological polar surface area (TPSA) is 78.0 Å². The molecule has 0 saturated carbocycles. The van der Waals surface area contributed by atoms with Gasteiger partial charge in [0.05, 0.1) is 10.9 Å². The molecule has 0 saturated heterocycles. The standard InChI is InChI=1S/C22H25N3O2S/c1-16-10-12-17(13-11-16)15-28-22-24-19-8-5-4-7-18(19)21(27)25(22)14-6-2-3-9-20(23)26/h4-5,7-8,10-13H,2-3,6,9,14-15H2,1H3,(H2,23,26). The third-order valence-corrected chi connectivity index (χ3v) is 5.67. The molecule has 0 atom stereocenters. The van der Waals surface area contributed by atoms with E-state index < -0.39 is 0 Å². The lowest BCUT2D eigenvalue weighted by Crippen LogP contribution is -2.23. The summed E-state index contributed by atoms with van der Waals surface area (Å²) in [4.78, 5) is 28.6. The van der Waals surface area contributed by atoms with Gasteiger partial charge in [0.2, 0.25) is 5.91 Å². The van der Waals surface area contributed by atoms with E-state index in [1.165, 1.54) is 11.1 Å². The van der Waals surface area contributed by atoms with Crippen molar-refractivity contribution in [3.63, 3.8) is 0 Å². The number of hydrogen-bond donors (Lipinski definition) is 1. The number of hydrogen-bond acceptors (Lipinski definition) is 4. The van der Waals surface area contributed by atoms with Crippen molar-refractivity contribution in [3.05, 3.63) is 70.0 Å². The predicted octanol–water partition coefficient (Wildman–Crippen LogP) is 4.04. The van der Waals surface area contributed by atoms with Crippen LogP contribution in [0.2, 0.25) is 0 Å². The number of carbonyl (C=O) groups excluding carboxylic acids is 1. The SMILES string of the molecule is Cc1ccc(CSc2nc3ccccc3c(=O)n2CCCCCC(N)=O)cc1. The highest BCUT2D eigenvalue weighted by Crippen LogP contribution is 2.23. The van der Waals surface area contributed by atoms with Gasteiger partial charge in [-0.1, -0.05) is 60.1 Å². The Bertz CT molecular complexity index is 1010. The quantitative estimate of drug-likeness (QED) is 0.337. The number of rotatable bonds is 9. The molecule has 5 nitrogen and oxygen atoms in total. The van der Waals surface area contributed by atoms with Crippen LogP contribution in [0.25, 0.3) is 10.9 Å². The fraction of sp³-hybridized carbons (Fsp3) is 0.318. The van der Waals surface area contributed by atoms with E-state index in [1.807, 2.05) is 24.3 Å². The summed E-state index contributed by atoms with van der Waals surface area (Å²) in [6.45, 7) is 2.66. The van der Waals surface area contributed by atoms with E-state index in [0.717, 1.165) is 35.7 Å². The Morgan fingerprint density at radius 1 is 1.07 bits per heavy atom. The number of amides is 1. The zero-order chi connectivity index (χ0) is 19.9. The summed E-state index contributed by atoms with van der Waals surface area (Å²) >= 11 is 1.58. The van der Waals surface area contributed by atoms with Crippen molar-refractivity contribution < 1.29 is 4.79 Å². The molecule has 0 spiro atoms. The molecular formula is C22H25N3O2S. The van der Waals surface area contributed by atoms with Crippen LogP contribution >= 0.6 is 11.8 Å². The molecule has 28 heavy (non-hydrogen) atoms. The predicted molar refractivity (Wildman–Crippen MR) is 114 cm³/mol. The fourth-order valence-corrected chi connectivity index (χ4v) is 4.01. The molecule has 1 amide bonds. The van der Waals surface area contributed by atoms with Gasteiger partial charge in [-0.25, -0.2) is 4.98 Å². The zero-order valence-electron chi connectivity index (χ0n) is 16.1. The summed E-state index contributed by atoms with van der Waals surface area (Å²) in [6, 6.07) is 15.9. The lowest BCUT2D eigenvalue weighted by Gasteiger charge is -2.13. The van der Waals surface area contributed by atoms with Crippen LogP contribution in [-0.4, -0.2) is 15.5 Å². The first-order valence-corrected chi connectivity index (χ1v) is 10.5. The lowest BCUT2D eigenvalue weighted by atomic mass is 10.2. The van der Waals surface area contributed by atoms with E-state index in [0.29, 0.717) is 18.4 Å². The highest BCUT2D eigenvalue weighted by molar-refractivity contribution is 7.98. The van der Waals surface area contributed by atoms with E-state index >= 15 is 0 Å². The summed E-state index contributed by atoms with van der Waals surface area (Å²) < 4.78 is 1.77. The van der Waals surface area contributed by atoms with Crippen LogP contribution in [0.5, 0.6) is 0 Å². The second-order valence-electron chi connectivity index (χ2n) is 6.92. The van der Waals surface area contributed by atoms with E-state index in [-0.39, 0.29) is 11.5 Å². The molecule has 0 unspecified atom stereocenters. The van der Waals surface area contributed by atoms with Crippen molar-refractivity contribution in [2.75, 3.05) is 0 Å². The van der Waals surface area contributed by atoms with E-state index in [9.17, 15) is 9.59 Å². The second-order valence-corrected chi connectivity index (χ2v) is 7.86. The average molecular weight is 396 g/mol. The molecule has 2 N–H and O–H groups in total. The van der Waals surface area contributed by atoms with Crippen LogP contribution in [0.3, 0.4) is 0 Å². The number of thioether (sulfide) groups is 1. The molecule has 0 fully saturated rings. The normalized spacial score (nSPS) is 11.0. The Morgan fingerprint density at radius 2 is 1.82 bits per heavy atom. The smallest absolute Gasteiger partial charge is 0.262 e. The molecule has 1 heterocycles. The molecule has 0 aliphatic heterocycles. The average Bonchev–Trinajstić information content (AvgIpc) is 2.69. The van der Waals surface area contributed by atoms with Crippen LogP contribution < -0.4 is 11.3 Å². The largest absolute Gasteiger partial charge is 0.370 e. The summed E-state index contributed by atoms with van der Waals surface area (Å²) in [5, 5.41) is 1.37. The Labute approximate surface area is 169 Å². The van der Waals surface area contributed by atoms with E-state index in [2.05, 4.69) is 31.2 Å². The lowest BCUT2D eigenvalue weighted by molar-refractivity contribution is -0.118. The summed E-state index contributed by atoms with van der Waals surface area (Å²) in [6.07, 6.45) is 2.80. The van der Waals surface area contributed by atoms with Gasteiger partial charge in [0.1, 0.15) is 0 Å². The Morgan fingerprint density at radius 3 is 2.57 bits per heavy atom. The molecule has 0 radical (unpaired) electrons. The van der Waals surface area contributed by atoms with Gasteiger partial charge in [-0.2, -0.15) is 0 Å². The van der Waals surface area contributed by atoms with E-state index in [1.54, 1.807) is 16.3 Å². The molecule has 0 aliphatic carbocycles. The number of nitrogens with zero attached hydrogens (tertiary/aromatic N) is 2. The minimum absolute atomic E-state index is 0.00749. The molecule has 1 aromatic heterocycles. The zero-order valence-corrected chi connectivity index (χ0v) is 16.9. The summed E-state index contributed by atoms with van der Waals surface area (Å²) in [5.74, 6) is 0.478. The number of fused-ring (bicyclic) bond motifs is 1. The molecular weight excluding hydrogens is 370 g/mol. The number of nitrogens with two attached hydrogens (primary N) is 1. The van der Waals surface area contributed by atoms with Gasteiger partial charge in [-0.3, -0.25) is 14.2 Å². The third kappa shape index (κ3) is 5.23. The van der Waals surface area contributed by atoms with Crippen molar-refractivity contribution in [3.8, 4) is 0 Å². The van der Waals surface area contributed by atoms with Gasteiger partial charge >= 0.3 is 0 Å². The Hall–Kier alpha value is -2.60. The van der Waals surface area contributed by atoms with E-state index in [4.69, 9.17) is 10.7 Å². The van der Waals surface area contributed by atoms with Crippen LogP contribution in [0, 0.1) is 6.92 Å². The Kier molecular flexibility index (Phi) is 6.87. The third-order valence-electron chi connectivity index (χ3n) is 4.62. The fourth-order valence-electron chi connectivity index (χ4n) is 3.03. The molecule has 0 aliphatic rings. The van der Waals surface area contributed by atoms with Crippen molar-refractivity contribution >= 4 is 28.6 Å². The molecule has 146 valence electrons. The number of aryl methyl sites for hydroxylation is 1. The number of carbonyl (C=O) groups is 1. The number of benzene rings is 2. The maximum Gasteiger partial charge on any atom is 0.262 e. The van der Waals surface area contributed by atoms with Gasteiger partial charge in [-0.05, 0) is 37.5 Å². The van der Waals surface area contributed by atoms with Crippen molar-refractivity contribution in [2.24, 2.45) is 5.73 Å².